The fourth-order valence-electron chi connectivity index (χ4n) is 0.430. The van der Waals surface area contributed by atoms with E-state index in [9.17, 15) is 0 Å². The van der Waals surface area contributed by atoms with Crippen LogP contribution in [0.5, 0.6) is 0 Å². The Morgan fingerprint density at radius 1 is 1.88 bits per heavy atom. The van der Waals surface area contributed by atoms with E-state index in [4.69, 9.17) is 5.21 Å². The lowest BCUT2D eigenvalue weighted by molar-refractivity contribution is -0.114. The van der Waals surface area contributed by atoms with Crippen molar-refractivity contribution in [3.8, 4) is 0 Å². The molecule has 1 aliphatic heterocycles. The van der Waals surface area contributed by atoms with Crippen molar-refractivity contribution in [2.24, 2.45) is 0 Å². The molecule has 0 aliphatic carbocycles. The molecule has 0 saturated heterocycles. The third kappa shape index (κ3) is 0.885. The van der Waals surface area contributed by atoms with Gasteiger partial charge in [-0.05, 0) is 0 Å². The van der Waals surface area contributed by atoms with Gasteiger partial charge < -0.3 is 0 Å². The molecular weight excluding hydrogens is 126 g/mol. The summed E-state index contributed by atoms with van der Waals surface area (Å²) in [6, 6.07) is 0. The van der Waals surface area contributed by atoms with Crippen LogP contribution in [0.1, 0.15) is 0 Å². The van der Waals surface area contributed by atoms with Gasteiger partial charge in [0.2, 0.25) is 0 Å². The Balaban J connectivity index is 2.59. The molecule has 0 unspecified atom stereocenters. The lowest BCUT2D eigenvalue weighted by Gasteiger charge is -2.12. The number of hydroxylamine groups is 1. The Morgan fingerprint density at radius 2 is 2.50 bits per heavy atom. The first-order valence-corrected chi connectivity index (χ1v) is 2.54. The highest BCUT2D eigenvalue weighted by Gasteiger charge is 2.09. The zero-order valence-electron chi connectivity index (χ0n) is 4.37. The summed E-state index contributed by atoms with van der Waals surface area (Å²) in [4.78, 5) is 0. The molecule has 0 spiro atoms. The van der Waals surface area contributed by atoms with Gasteiger partial charge in [-0.3, -0.25) is 10.2 Å². The van der Waals surface area contributed by atoms with Gasteiger partial charge in [-0.2, -0.15) is 5.17 Å². The first-order chi connectivity index (χ1) is 3.70. The van der Waals surface area contributed by atoms with E-state index in [2.05, 4.69) is 18.2 Å². The summed E-state index contributed by atoms with van der Waals surface area (Å²) in [5.74, 6) is 0. The maximum atomic E-state index is 8.63. The molecule has 0 aromatic heterocycles. The van der Waals surface area contributed by atoms with Gasteiger partial charge in [0.05, 0.1) is 6.20 Å². The number of nitrogens with one attached hydrogen (secondary N) is 1. The zero-order chi connectivity index (χ0) is 6.15. The fraction of sp³-hybridized carbons (Fsp3) is 0.333. The lowest BCUT2D eigenvalue weighted by Crippen LogP contribution is -2.35. The molecule has 1 aliphatic rings. The summed E-state index contributed by atoms with van der Waals surface area (Å²) in [7, 11) is 1.75. The Labute approximate surface area is 52.7 Å². The van der Waals surface area contributed by atoms with Crippen LogP contribution in [-0.2, 0) is 0 Å². The summed E-state index contributed by atoms with van der Waals surface area (Å²) in [6.45, 7) is 0. The summed E-state index contributed by atoms with van der Waals surface area (Å²) in [5.41, 5.74) is 2.52. The van der Waals surface area contributed by atoms with Gasteiger partial charge >= 0.3 is 0 Å². The minimum absolute atomic E-state index is 0.674. The van der Waals surface area contributed by atoms with Gasteiger partial charge in [0.15, 0.2) is 0 Å². The molecule has 0 fully saturated rings. The van der Waals surface area contributed by atoms with Gasteiger partial charge in [-0.15, -0.1) is 18.2 Å². The Bertz CT molecular complexity index is 126. The molecule has 8 heavy (non-hydrogen) atoms. The van der Waals surface area contributed by atoms with Crippen molar-refractivity contribution in [3.63, 3.8) is 0 Å². The standard InChI is InChI=1S/C3H7N3OS/c1-5-3(8)2-6(7)4-5/h2,4,7-8H,1H3. The van der Waals surface area contributed by atoms with Gasteiger partial charge in [0.1, 0.15) is 5.03 Å². The van der Waals surface area contributed by atoms with Crippen molar-refractivity contribution in [1.29, 1.82) is 0 Å². The predicted molar refractivity (Wildman–Crippen MR) is 31.6 cm³/mol. The molecule has 46 valence electrons. The first-order valence-electron chi connectivity index (χ1n) is 2.09. The fourth-order valence-corrected chi connectivity index (χ4v) is 0.584. The summed E-state index contributed by atoms with van der Waals surface area (Å²) in [5, 5.41) is 11.7. The number of hydrazine groups is 2. The number of nitrogens with zero attached hydrogens (tertiary/aromatic N) is 2. The minimum atomic E-state index is 0.674. The molecule has 0 atom stereocenters. The van der Waals surface area contributed by atoms with Crippen LogP contribution < -0.4 is 5.53 Å². The highest BCUT2D eigenvalue weighted by molar-refractivity contribution is 7.84. The molecule has 0 aromatic carbocycles. The van der Waals surface area contributed by atoms with Crippen LogP contribution in [0.2, 0.25) is 0 Å². The minimum Gasteiger partial charge on any atom is -0.284 e. The Morgan fingerprint density at radius 3 is 2.62 bits per heavy atom. The van der Waals surface area contributed by atoms with E-state index < -0.39 is 0 Å². The Hall–Kier alpha value is -0.390. The SMILES string of the molecule is CN1NN(O)C=C1S. The van der Waals surface area contributed by atoms with E-state index in [0.717, 1.165) is 5.17 Å². The summed E-state index contributed by atoms with van der Waals surface area (Å²) < 4.78 is 0. The van der Waals surface area contributed by atoms with E-state index in [-0.39, 0.29) is 0 Å². The normalized spacial score (nSPS) is 19.6. The molecule has 1 heterocycles. The molecule has 0 bridgehead atoms. The molecule has 4 nitrogen and oxygen atoms in total. The number of hydrogen-bond donors (Lipinski definition) is 3. The molecule has 0 saturated carbocycles. The maximum absolute atomic E-state index is 8.63. The molecule has 0 aromatic rings. The van der Waals surface area contributed by atoms with Gasteiger partial charge in [-0.25, -0.2) is 0 Å². The second kappa shape index (κ2) is 1.85. The highest BCUT2D eigenvalue weighted by atomic mass is 32.1. The zero-order valence-corrected chi connectivity index (χ0v) is 5.26. The van der Waals surface area contributed by atoms with Crippen molar-refractivity contribution in [1.82, 2.24) is 15.7 Å². The van der Waals surface area contributed by atoms with Crippen molar-refractivity contribution in [3.05, 3.63) is 11.2 Å². The van der Waals surface area contributed by atoms with E-state index in [0.29, 0.717) is 5.03 Å². The first kappa shape index (κ1) is 5.74. The van der Waals surface area contributed by atoms with E-state index in [1.165, 1.54) is 6.20 Å². The van der Waals surface area contributed by atoms with Crippen molar-refractivity contribution >= 4 is 12.6 Å². The molecule has 0 amide bonds. The summed E-state index contributed by atoms with van der Waals surface area (Å²) in [6.07, 6.45) is 1.45. The van der Waals surface area contributed by atoms with Crippen molar-refractivity contribution in [2.45, 2.75) is 0 Å². The molecule has 0 radical (unpaired) electrons. The van der Waals surface area contributed by atoms with Crippen LogP contribution in [0.3, 0.4) is 0 Å². The average molecular weight is 133 g/mol. The van der Waals surface area contributed by atoms with E-state index in [1.807, 2.05) is 0 Å². The smallest absolute Gasteiger partial charge is 0.104 e. The van der Waals surface area contributed by atoms with Crippen LogP contribution in [0.15, 0.2) is 11.2 Å². The van der Waals surface area contributed by atoms with Gasteiger partial charge in [-0.1, -0.05) is 0 Å². The summed E-state index contributed by atoms with van der Waals surface area (Å²) >= 11 is 3.97. The molecular formula is C3H7N3OS. The quantitative estimate of drug-likeness (QED) is 0.399. The molecule has 1 rings (SSSR count). The molecule has 5 heteroatoms. The van der Waals surface area contributed by atoms with Crippen LogP contribution in [0, 0.1) is 0 Å². The Kier molecular flexibility index (Phi) is 1.33. The van der Waals surface area contributed by atoms with Gasteiger partial charge in [0, 0.05) is 7.05 Å². The van der Waals surface area contributed by atoms with Gasteiger partial charge in [0.25, 0.3) is 0 Å². The van der Waals surface area contributed by atoms with Crippen LogP contribution in [0.25, 0.3) is 0 Å². The van der Waals surface area contributed by atoms with E-state index >= 15 is 0 Å². The maximum Gasteiger partial charge on any atom is 0.104 e. The topological polar surface area (TPSA) is 38.7 Å². The van der Waals surface area contributed by atoms with Crippen molar-refractivity contribution < 1.29 is 5.21 Å². The second-order valence-corrected chi connectivity index (χ2v) is 1.95. The second-order valence-electron chi connectivity index (χ2n) is 1.49. The number of rotatable bonds is 0. The number of thiol groups is 1. The third-order valence-electron chi connectivity index (χ3n) is 0.834. The lowest BCUT2D eigenvalue weighted by atomic mass is 10.9. The van der Waals surface area contributed by atoms with Crippen LogP contribution in [-0.4, -0.2) is 22.4 Å². The van der Waals surface area contributed by atoms with Crippen molar-refractivity contribution in [2.75, 3.05) is 7.05 Å². The average Bonchev–Trinajstić information content (AvgIpc) is 1.85. The molecule has 2 N–H and O–H groups in total. The van der Waals surface area contributed by atoms with Crippen LogP contribution in [0.4, 0.5) is 0 Å². The van der Waals surface area contributed by atoms with E-state index in [1.54, 1.807) is 12.1 Å². The third-order valence-corrected chi connectivity index (χ3v) is 1.25. The number of hydrogen-bond acceptors (Lipinski definition) is 5. The highest BCUT2D eigenvalue weighted by Crippen LogP contribution is 2.08. The monoisotopic (exact) mass is 133 g/mol. The largest absolute Gasteiger partial charge is 0.284 e. The predicted octanol–water partition coefficient (Wildman–Crippen LogP) is -0.229. The van der Waals surface area contributed by atoms with Crippen LogP contribution >= 0.6 is 12.6 Å².